The minimum atomic E-state index is -0.326. The van der Waals surface area contributed by atoms with Crippen LogP contribution < -0.4 is 16.0 Å². The van der Waals surface area contributed by atoms with Crippen molar-refractivity contribution in [2.75, 3.05) is 32.1 Å². The predicted molar refractivity (Wildman–Crippen MR) is 98.7 cm³/mol. The summed E-state index contributed by atoms with van der Waals surface area (Å²) in [6.45, 7) is 1.15. The zero-order valence-corrected chi connectivity index (χ0v) is 15.2. The van der Waals surface area contributed by atoms with Crippen molar-refractivity contribution in [1.82, 2.24) is 15.6 Å². The van der Waals surface area contributed by atoms with Crippen LogP contribution in [0.3, 0.4) is 0 Å². The number of amides is 2. The fourth-order valence-electron chi connectivity index (χ4n) is 1.87. The van der Waals surface area contributed by atoms with Gasteiger partial charge >= 0.3 is 0 Å². The van der Waals surface area contributed by atoms with E-state index in [1.165, 1.54) is 11.3 Å². The molecule has 2 aromatic rings. The quantitative estimate of drug-likeness (QED) is 0.579. The second kappa shape index (κ2) is 9.97. The van der Waals surface area contributed by atoms with Gasteiger partial charge in [-0.25, -0.2) is 4.98 Å². The molecule has 134 valence electrons. The van der Waals surface area contributed by atoms with Crippen LogP contribution in [0.1, 0.15) is 16.9 Å². The van der Waals surface area contributed by atoms with Crippen LogP contribution in [0.15, 0.2) is 29.6 Å². The number of hydrogen-bond acceptors (Lipinski definition) is 6. The maximum absolute atomic E-state index is 12.0. The van der Waals surface area contributed by atoms with Crippen molar-refractivity contribution in [3.63, 3.8) is 0 Å². The van der Waals surface area contributed by atoms with Crippen molar-refractivity contribution < 1.29 is 14.3 Å². The molecule has 0 aliphatic heterocycles. The van der Waals surface area contributed by atoms with Crippen LogP contribution in [0.2, 0.25) is 5.02 Å². The van der Waals surface area contributed by atoms with Gasteiger partial charge in [-0.3, -0.25) is 9.59 Å². The Labute approximate surface area is 154 Å². The van der Waals surface area contributed by atoms with Gasteiger partial charge in [-0.05, 0) is 12.1 Å². The van der Waals surface area contributed by atoms with Gasteiger partial charge in [-0.2, -0.15) is 0 Å². The van der Waals surface area contributed by atoms with Crippen molar-refractivity contribution in [2.45, 2.75) is 6.42 Å². The molecule has 1 heterocycles. The molecule has 9 heteroatoms. The molecule has 0 unspecified atom stereocenters. The first-order chi connectivity index (χ1) is 12.1. The molecular weight excluding hydrogens is 364 g/mol. The highest BCUT2D eigenvalue weighted by molar-refractivity contribution is 7.14. The van der Waals surface area contributed by atoms with Gasteiger partial charge in [-0.1, -0.05) is 23.7 Å². The Morgan fingerprint density at radius 1 is 1.24 bits per heavy atom. The molecule has 0 atom stereocenters. The summed E-state index contributed by atoms with van der Waals surface area (Å²) in [7, 11) is 1.56. The lowest BCUT2D eigenvalue weighted by Crippen LogP contribution is -2.32. The molecule has 2 amide bonds. The fourth-order valence-corrected chi connectivity index (χ4v) is 2.76. The van der Waals surface area contributed by atoms with E-state index in [4.69, 9.17) is 16.3 Å². The third kappa shape index (κ3) is 6.33. The van der Waals surface area contributed by atoms with E-state index in [1.54, 1.807) is 18.6 Å². The van der Waals surface area contributed by atoms with Gasteiger partial charge in [0.1, 0.15) is 5.69 Å². The molecule has 2 rings (SSSR count). The van der Waals surface area contributed by atoms with Gasteiger partial charge in [0.05, 0.1) is 17.3 Å². The Morgan fingerprint density at radius 2 is 2.04 bits per heavy atom. The van der Waals surface area contributed by atoms with Gasteiger partial charge in [-0.15, -0.1) is 11.3 Å². The number of rotatable bonds is 9. The minimum Gasteiger partial charge on any atom is -0.383 e. The molecule has 0 aliphatic carbocycles. The summed E-state index contributed by atoms with van der Waals surface area (Å²) in [6.07, 6.45) is 0.199. The summed E-state index contributed by atoms with van der Waals surface area (Å²) in [5.74, 6) is -0.468. The molecule has 0 saturated carbocycles. The van der Waals surface area contributed by atoms with Crippen molar-refractivity contribution in [1.29, 1.82) is 0 Å². The van der Waals surface area contributed by atoms with E-state index < -0.39 is 0 Å². The van der Waals surface area contributed by atoms with Crippen LogP contribution in [-0.4, -0.2) is 43.6 Å². The molecule has 1 aromatic carbocycles. The van der Waals surface area contributed by atoms with Crippen LogP contribution in [-0.2, 0) is 9.53 Å². The number of para-hydroxylation sites is 1. The van der Waals surface area contributed by atoms with Crippen LogP contribution in [0.25, 0.3) is 0 Å². The number of benzene rings is 1. The average Bonchev–Trinajstić information content (AvgIpc) is 3.06. The van der Waals surface area contributed by atoms with E-state index in [-0.39, 0.29) is 24.8 Å². The fraction of sp³-hybridized carbons (Fsp3) is 0.312. The number of methoxy groups -OCH3 is 1. The predicted octanol–water partition coefficient (Wildman–Crippen LogP) is 2.42. The highest BCUT2D eigenvalue weighted by Crippen LogP contribution is 2.26. The average molecular weight is 383 g/mol. The number of nitrogens with one attached hydrogen (secondary N) is 3. The number of carbonyl (C=O) groups excluding carboxylic acids is 2. The molecule has 0 aliphatic rings. The Morgan fingerprint density at radius 3 is 2.80 bits per heavy atom. The molecule has 1 aromatic heterocycles. The van der Waals surface area contributed by atoms with Crippen LogP contribution in [0.5, 0.6) is 0 Å². The first-order valence-electron chi connectivity index (χ1n) is 7.61. The number of halogens is 1. The number of ether oxygens (including phenoxy) is 1. The van der Waals surface area contributed by atoms with E-state index in [0.29, 0.717) is 29.0 Å². The Kier molecular flexibility index (Phi) is 7.65. The molecule has 25 heavy (non-hydrogen) atoms. The lowest BCUT2D eigenvalue weighted by Gasteiger charge is -2.05. The number of aromatic nitrogens is 1. The first-order valence-corrected chi connectivity index (χ1v) is 8.87. The topological polar surface area (TPSA) is 92.4 Å². The zero-order chi connectivity index (χ0) is 18.1. The van der Waals surface area contributed by atoms with Crippen molar-refractivity contribution in [3.05, 3.63) is 40.4 Å². The number of nitrogens with zero attached hydrogens (tertiary/aromatic N) is 1. The molecule has 0 saturated heterocycles. The smallest absolute Gasteiger partial charge is 0.270 e. The summed E-state index contributed by atoms with van der Waals surface area (Å²) >= 11 is 7.38. The molecule has 7 nitrogen and oxygen atoms in total. The van der Waals surface area contributed by atoms with E-state index in [1.807, 2.05) is 18.2 Å². The molecule has 0 fully saturated rings. The standard InChI is InChI=1S/C16H19ClN4O3S/c1-24-9-8-18-14(22)6-7-19-15(23)13-10-25-16(21-13)20-12-5-3-2-4-11(12)17/h2-5,10H,6-9H2,1H3,(H,18,22)(H,19,23)(H,20,21). The molecule has 0 bridgehead atoms. The number of anilines is 2. The summed E-state index contributed by atoms with van der Waals surface area (Å²) < 4.78 is 4.84. The largest absolute Gasteiger partial charge is 0.383 e. The Balaban J connectivity index is 1.78. The zero-order valence-electron chi connectivity index (χ0n) is 13.7. The summed E-state index contributed by atoms with van der Waals surface area (Å²) in [5.41, 5.74) is 1.01. The number of thiazole rings is 1. The normalized spacial score (nSPS) is 10.3. The number of hydrogen-bond donors (Lipinski definition) is 3. The summed E-state index contributed by atoms with van der Waals surface area (Å²) in [4.78, 5) is 27.8. The Hall–Kier alpha value is -2.16. The molecule has 0 radical (unpaired) electrons. The second-order valence-corrected chi connectivity index (χ2v) is 6.26. The van der Waals surface area contributed by atoms with Crippen molar-refractivity contribution >= 4 is 45.6 Å². The Bertz CT molecular complexity index is 723. The lowest BCUT2D eigenvalue weighted by molar-refractivity contribution is -0.121. The first kappa shape index (κ1) is 19.2. The van der Waals surface area contributed by atoms with E-state index >= 15 is 0 Å². The van der Waals surface area contributed by atoms with Gasteiger partial charge in [0.2, 0.25) is 5.91 Å². The van der Waals surface area contributed by atoms with Gasteiger partial charge in [0.25, 0.3) is 5.91 Å². The SMILES string of the molecule is COCCNC(=O)CCNC(=O)c1csc(Nc2ccccc2Cl)n1. The third-order valence-electron chi connectivity index (χ3n) is 3.12. The maximum atomic E-state index is 12.0. The van der Waals surface area contributed by atoms with Gasteiger partial charge < -0.3 is 20.7 Å². The van der Waals surface area contributed by atoms with E-state index in [2.05, 4.69) is 20.9 Å². The van der Waals surface area contributed by atoms with E-state index in [9.17, 15) is 9.59 Å². The second-order valence-electron chi connectivity index (χ2n) is 4.99. The van der Waals surface area contributed by atoms with Crippen molar-refractivity contribution in [3.8, 4) is 0 Å². The maximum Gasteiger partial charge on any atom is 0.270 e. The van der Waals surface area contributed by atoms with Crippen LogP contribution in [0.4, 0.5) is 10.8 Å². The summed E-state index contributed by atoms with van der Waals surface area (Å²) in [5, 5.41) is 11.2. The molecule has 3 N–H and O–H groups in total. The minimum absolute atomic E-state index is 0.142. The van der Waals surface area contributed by atoms with Gasteiger partial charge in [0.15, 0.2) is 5.13 Å². The molecule has 0 spiro atoms. The number of carbonyl (C=O) groups is 2. The highest BCUT2D eigenvalue weighted by atomic mass is 35.5. The van der Waals surface area contributed by atoms with E-state index in [0.717, 1.165) is 5.69 Å². The van der Waals surface area contributed by atoms with Crippen LogP contribution in [0, 0.1) is 0 Å². The van der Waals surface area contributed by atoms with Crippen molar-refractivity contribution in [2.24, 2.45) is 0 Å². The van der Waals surface area contributed by atoms with Crippen LogP contribution >= 0.6 is 22.9 Å². The highest BCUT2D eigenvalue weighted by Gasteiger charge is 2.12. The lowest BCUT2D eigenvalue weighted by atomic mass is 10.3. The summed E-state index contributed by atoms with van der Waals surface area (Å²) in [6, 6.07) is 7.28. The third-order valence-corrected chi connectivity index (χ3v) is 4.21. The monoisotopic (exact) mass is 382 g/mol. The van der Waals surface area contributed by atoms with Gasteiger partial charge in [0, 0.05) is 32.0 Å². The molecular formula is C16H19ClN4O3S.